The number of rotatable bonds is 3. The van der Waals surface area contributed by atoms with E-state index in [1.165, 1.54) is 0 Å². The predicted octanol–water partition coefficient (Wildman–Crippen LogP) is 2.03. The first-order chi connectivity index (χ1) is 9.79. The van der Waals surface area contributed by atoms with E-state index in [9.17, 15) is 9.59 Å². The predicted molar refractivity (Wildman–Crippen MR) is 81.2 cm³/mol. The Morgan fingerprint density at radius 2 is 2.00 bits per heavy atom. The number of hydrogen-bond donors (Lipinski definition) is 0. The number of thioether (sulfide) groups is 1. The van der Waals surface area contributed by atoms with Gasteiger partial charge in [-0.3, -0.25) is 9.59 Å². The van der Waals surface area contributed by atoms with E-state index in [2.05, 4.69) is 0 Å². The summed E-state index contributed by atoms with van der Waals surface area (Å²) in [5.41, 5.74) is 1.58. The van der Waals surface area contributed by atoms with Crippen molar-refractivity contribution in [2.75, 3.05) is 24.6 Å². The number of fused-ring (bicyclic) bond motifs is 1. The highest BCUT2D eigenvalue weighted by atomic mass is 32.2. The van der Waals surface area contributed by atoms with Crippen LogP contribution in [0.1, 0.15) is 10.4 Å². The van der Waals surface area contributed by atoms with Crippen molar-refractivity contribution < 1.29 is 9.59 Å². The van der Waals surface area contributed by atoms with Crippen LogP contribution < -0.4 is 0 Å². The number of carbonyl (C=O) groups is 2. The molecule has 0 saturated carbocycles. The number of aldehydes is 1. The van der Waals surface area contributed by atoms with E-state index in [1.54, 1.807) is 6.20 Å². The maximum Gasteiger partial charge on any atom is 0.242 e. The summed E-state index contributed by atoms with van der Waals surface area (Å²) >= 11 is 1.89. The van der Waals surface area contributed by atoms with Crippen LogP contribution in [0.5, 0.6) is 0 Å². The number of nitrogens with zero attached hydrogens (tertiary/aromatic N) is 2. The molecule has 0 N–H and O–H groups in total. The minimum atomic E-state index is 0.128. The van der Waals surface area contributed by atoms with E-state index in [4.69, 9.17) is 0 Å². The van der Waals surface area contributed by atoms with Crippen molar-refractivity contribution in [1.82, 2.24) is 9.47 Å². The van der Waals surface area contributed by atoms with Crippen molar-refractivity contribution in [1.29, 1.82) is 0 Å². The van der Waals surface area contributed by atoms with Gasteiger partial charge in [0.2, 0.25) is 5.91 Å². The highest BCUT2D eigenvalue weighted by Gasteiger charge is 2.18. The SMILES string of the molecule is O=Cc1cn(CC(=O)N2CCSCC2)c2ccccc12. The molecule has 0 atom stereocenters. The van der Waals surface area contributed by atoms with E-state index >= 15 is 0 Å². The Bertz CT molecular complexity index is 644. The van der Waals surface area contributed by atoms with Crippen LogP contribution >= 0.6 is 11.8 Å². The Kier molecular flexibility index (Phi) is 3.78. The molecule has 1 saturated heterocycles. The average Bonchev–Trinajstić information content (AvgIpc) is 2.86. The van der Waals surface area contributed by atoms with Crippen molar-refractivity contribution >= 4 is 34.9 Å². The maximum atomic E-state index is 12.3. The van der Waals surface area contributed by atoms with Gasteiger partial charge in [-0.15, -0.1) is 0 Å². The highest BCUT2D eigenvalue weighted by Crippen LogP contribution is 2.20. The third-order valence-corrected chi connectivity index (χ3v) is 4.56. The first-order valence-electron chi connectivity index (χ1n) is 6.68. The number of para-hydroxylation sites is 1. The quantitative estimate of drug-likeness (QED) is 0.812. The topological polar surface area (TPSA) is 42.3 Å². The van der Waals surface area contributed by atoms with Gasteiger partial charge in [0.05, 0.1) is 0 Å². The van der Waals surface area contributed by atoms with E-state index in [1.807, 2.05) is 45.5 Å². The van der Waals surface area contributed by atoms with E-state index < -0.39 is 0 Å². The summed E-state index contributed by atoms with van der Waals surface area (Å²) in [6, 6.07) is 7.69. The van der Waals surface area contributed by atoms with Crippen LogP contribution in [-0.2, 0) is 11.3 Å². The molecule has 1 aliphatic heterocycles. The Hall–Kier alpha value is -1.75. The summed E-state index contributed by atoms with van der Waals surface area (Å²) in [4.78, 5) is 25.3. The summed E-state index contributed by atoms with van der Waals surface area (Å²) in [7, 11) is 0. The molecular weight excluding hydrogens is 272 g/mol. The third kappa shape index (κ3) is 2.45. The van der Waals surface area contributed by atoms with Crippen LogP contribution in [0, 0.1) is 0 Å². The second kappa shape index (κ2) is 5.71. The Balaban J connectivity index is 1.87. The zero-order valence-corrected chi connectivity index (χ0v) is 11.9. The van der Waals surface area contributed by atoms with Crippen LogP contribution in [0.3, 0.4) is 0 Å². The summed E-state index contributed by atoms with van der Waals surface area (Å²) in [6.45, 7) is 1.95. The maximum absolute atomic E-state index is 12.3. The normalized spacial score (nSPS) is 15.5. The van der Waals surface area contributed by atoms with Crippen molar-refractivity contribution in [3.05, 3.63) is 36.0 Å². The number of carbonyl (C=O) groups excluding carboxylic acids is 2. The minimum Gasteiger partial charge on any atom is -0.339 e. The first kappa shape index (κ1) is 13.2. The summed E-state index contributed by atoms with van der Waals surface area (Å²) in [5, 5.41) is 0.907. The van der Waals surface area contributed by atoms with Crippen molar-refractivity contribution in [2.24, 2.45) is 0 Å². The number of benzene rings is 1. The lowest BCUT2D eigenvalue weighted by atomic mass is 10.2. The van der Waals surface area contributed by atoms with E-state index in [0.29, 0.717) is 12.1 Å². The van der Waals surface area contributed by atoms with Gasteiger partial charge in [-0.25, -0.2) is 0 Å². The van der Waals surface area contributed by atoms with Gasteiger partial charge < -0.3 is 9.47 Å². The molecular formula is C15H16N2O2S. The number of aromatic nitrogens is 1. The van der Waals surface area contributed by atoms with E-state index in [-0.39, 0.29) is 5.91 Å². The van der Waals surface area contributed by atoms with Crippen LogP contribution in [0.2, 0.25) is 0 Å². The first-order valence-corrected chi connectivity index (χ1v) is 7.83. The molecule has 1 fully saturated rings. The molecule has 104 valence electrons. The largest absolute Gasteiger partial charge is 0.339 e. The lowest BCUT2D eigenvalue weighted by Gasteiger charge is -2.26. The fourth-order valence-electron chi connectivity index (χ4n) is 2.56. The second-order valence-electron chi connectivity index (χ2n) is 4.84. The van der Waals surface area contributed by atoms with Gasteiger partial charge in [-0.2, -0.15) is 11.8 Å². The molecule has 5 heteroatoms. The molecule has 20 heavy (non-hydrogen) atoms. The Labute approximate surface area is 121 Å². The van der Waals surface area contributed by atoms with Crippen LogP contribution in [-0.4, -0.2) is 46.3 Å². The summed E-state index contributed by atoms with van der Waals surface area (Å²) < 4.78 is 1.88. The van der Waals surface area contributed by atoms with Gasteiger partial charge in [0.15, 0.2) is 6.29 Å². The molecule has 1 aromatic heterocycles. The zero-order valence-electron chi connectivity index (χ0n) is 11.1. The molecule has 0 aliphatic carbocycles. The molecule has 1 amide bonds. The fraction of sp³-hybridized carbons (Fsp3) is 0.333. The molecule has 2 heterocycles. The summed E-state index contributed by atoms with van der Waals surface area (Å²) in [6.07, 6.45) is 2.62. The van der Waals surface area contributed by atoms with Gasteiger partial charge in [0, 0.05) is 47.3 Å². The number of amides is 1. The fourth-order valence-corrected chi connectivity index (χ4v) is 3.46. The zero-order chi connectivity index (χ0) is 13.9. The molecule has 2 aromatic rings. The molecule has 1 aromatic carbocycles. The molecule has 0 radical (unpaired) electrons. The Morgan fingerprint density at radius 1 is 1.25 bits per heavy atom. The lowest BCUT2D eigenvalue weighted by Crippen LogP contribution is -2.39. The van der Waals surface area contributed by atoms with Crippen molar-refractivity contribution in [3.63, 3.8) is 0 Å². The standard InChI is InChI=1S/C15H16N2O2S/c18-11-12-9-17(14-4-2-1-3-13(12)14)10-15(19)16-5-7-20-8-6-16/h1-4,9,11H,5-8,10H2. The van der Waals surface area contributed by atoms with Crippen LogP contribution in [0.25, 0.3) is 10.9 Å². The Morgan fingerprint density at radius 3 is 2.75 bits per heavy atom. The van der Waals surface area contributed by atoms with Crippen molar-refractivity contribution in [2.45, 2.75) is 6.54 Å². The molecule has 0 spiro atoms. The molecule has 0 bridgehead atoms. The van der Waals surface area contributed by atoms with Crippen LogP contribution in [0.4, 0.5) is 0 Å². The summed E-state index contributed by atoms with van der Waals surface area (Å²) in [5.74, 6) is 2.15. The van der Waals surface area contributed by atoms with Gasteiger partial charge in [0.25, 0.3) is 0 Å². The molecule has 3 rings (SSSR count). The van der Waals surface area contributed by atoms with Crippen molar-refractivity contribution in [3.8, 4) is 0 Å². The van der Waals surface area contributed by atoms with Gasteiger partial charge in [-0.1, -0.05) is 18.2 Å². The lowest BCUT2D eigenvalue weighted by molar-refractivity contribution is -0.131. The molecule has 1 aliphatic rings. The van der Waals surface area contributed by atoms with Gasteiger partial charge in [0.1, 0.15) is 6.54 Å². The van der Waals surface area contributed by atoms with Gasteiger partial charge in [-0.05, 0) is 6.07 Å². The average molecular weight is 288 g/mol. The van der Waals surface area contributed by atoms with Gasteiger partial charge >= 0.3 is 0 Å². The third-order valence-electron chi connectivity index (χ3n) is 3.62. The van der Waals surface area contributed by atoms with Crippen LogP contribution in [0.15, 0.2) is 30.5 Å². The minimum absolute atomic E-state index is 0.128. The molecule has 4 nitrogen and oxygen atoms in total. The molecule has 0 unspecified atom stereocenters. The van der Waals surface area contributed by atoms with E-state index in [0.717, 1.165) is 41.8 Å². The number of hydrogen-bond acceptors (Lipinski definition) is 3. The highest BCUT2D eigenvalue weighted by molar-refractivity contribution is 7.99. The smallest absolute Gasteiger partial charge is 0.242 e. The second-order valence-corrected chi connectivity index (χ2v) is 6.07. The monoisotopic (exact) mass is 288 g/mol.